The monoisotopic (exact) mass is 426 g/mol. The van der Waals surface area contributed by atoms with Crippen LogP contribution in [0.5, 0.6) is 0 Å². The van der Waals surface area contributed by atoms with Crippen LogP contribution in [0, 0.1) is 11.6 Å². The normalized spacial score (nSPS) is 18.1. The Kier molecular flexibility index (Phi) is 5.05. The van der Waals surface area contributed by atoms with Crippen molar-refractivity contribution in [3.05, 3.63) is 100 Å². The first kappa shape index (κ1) is 19.7. The van der Waals surface area contributed by atoms with Gasteiger partial charge in [-0.1, -0.05) is 11.6 Å². The Hall–Kier alpha value is -3.58. The van der Waals surface area contributed by atoms with Crippen molar-refractivity contribution in [3.63, 3.8) is 0 Å². The van der Waals surface area contributed by atoms with Gasteiger partial charge in [-0.3, -0.25) is 19.5 Å². The number of anilines is 1. The molecule has 0 saturated carbocycles. The van der Waals surface area contributed by atoms with Gasteiger partial charge in [-0.15, -0.1) is 0 Å². The number of nitrogens with zero attached hydrogens (tertiary/aromatic N) is 2. The van der Waals surface area contributed by atoms with Crippen molar-refractivity contribution in [2.45, 2.75) is 6.04 Å². The molecule has 1 atom stereocenters. The third-order valence-corrected chi connectivity index (χ3v) is 5.02. The number of aromatic nitrogens is 1. The van der Waals surface area contributed by atoms with Gasteiger partial charge >= 0.3 is 0 Å². The van der Waals surface area contributed by atoms with E-state index in [9.17, 15) is 23.5 Å². The number of ketones is 1. The van der Waals surface area contributed by atoms with E-state index in [0.717, 1.165) is 17.0 Å². The predicted molar refractivity (Wildman–Crippen MR) is 107 cm³/mol. The summed E-state index contributed by atoms with van der Waals surface area (Å²) in [5.41, 5.74) is 0.539. The number of aliphatic hydroxyl groups excluding tert-OH is 1. The van der Waals surface area contributed by atoms with Crippen LogP contribution in [-0.4, -0.2) is 21.8 Å². The van der Waals surface area contributed by atoms with Gasteiger partial charge < -0.3 is 5.11 Å². The van der Waals surface area contributed by atoms with Gasteiger partial charge in [-0.25, -0.2) is 8.78 Å². The van der Waals surface area contributed by atoms with Gasteiger partial charge in [0.15, 0.2) is 11.6 Å². The highest BCUT2D eigenvalue weighted by molar-refractivity contribution is 6.51. The minimum atomic E-state index is -1.17. The second kappa shape index (κ2) is 7.68. The number of halogens is 3. The Balaban J connectivity index is 1.94. The van der Waals surface area contributed by atoms with Gasteiger partial charge in [-0.2, -0.15) is 0 Å². The van der Waals surface area contributed by atoms with Crippen LogP contribution in [0.15, 0.2) is 72.6 Å². The minimum Gasteiger partial charge on any atom is -0.507 e. The maximum Gasteiger partial charge on any atom is 0.300 e. The van der Waals surface area contributed by atoms with Gasteiger partial charge in [0.05, 0.1) is 11.6 Å². The Morgan fingerprint density at radius 3 is 2.27 bits per heavy atom. The maximum absolute atomic E-state index is 13.9. The summed E-state index contributed by atoms with van der Waals surface area (Å²) in [6.45, 7) is 0. The molecule has 1 unspecified atom stereocenters. The molecule has 0 spiro atoms. The lowest BCUT2D eigenvalue weighted by atomic mass is 9.96. The van der Waals surface area contributed by atoms with Crippen molar-refractivity contribution >= 4 is 34.7 Å². The van der Waals surface area contributed by atoms with Crippen LogP contribution in [0.1, 0.15) is 17.2 Å². The first-order chi connectivity index (χ1) is 14.4. The molecule has 2 heterocycles. The lowest BCUT2D eigenvalue weighted by Gasteiger charge is -2.25. The Labute approximate surface area is 174 Å². The molecule has 0 radical (unpaired) electrons. The van der Waals surface area contributed by atoms with E-state index in [-0.39, 0.29) is 16.8 Å². The Morgan fingerprint density at radius 1 is 0.967 bits per heavy atom. The zero-order valence-electron chi connectivity index (χ0n) is 15.2. The molecule has 0 bridgehead atoms. The van der Waals surface area contributed by atoms with Crippen LogP contribution < -0.4 is 4.90 Å². The molecule has 3 aromatic rings. The largest absolute Gasteiger partial charge is 0.507 e. The number of Topliss-reactive ketones (excluding diaryl/α,β-unsaturated/α-hetero) is 1. The fourth-order valence-electron chi connectivity index (χ4n) is 3.36. The number of hydrogen-bond acceptors (Lipinski definition) is 4. The Bertz CT molecular complexity index is 1180. The summed E-state index contributed by atoms with van der Waals surface area (Å²) < 4.78 is 27.3. The van der Waals surface area contributed by atoms with Crippen molar-refractivity contribution in [2.75, 3.05) is 4.90 Å². The van der Waals surface area contributed by atoms with Crippen LogP contribution in [0.2, 0.25) is 5.02 Å². The molecule has 8 heteroatoms. The number of aliphatic hydroxyl groups is 1. The van der Waals surface area contributed by atoms with E-state index in [2.05, 4.69) is 4.98 Å². The minimum absolute atomic E-state index is 0.0204. The number of hydrogen-bond donors (Lipinski definition) is 1. The maximum atomic E-state index is 13.9. The highest BCUT2D eigenvalue weighted by atomic mass is 35.5. The SMILES string of the molecule is O=C1C(=O)N(c2ccc(F)c(F)c2)C(c2ccncc2)/C1=C(\O)c1ccc(Cl)cc1. The number of carbonyl (C=O) groups is 2. The first-order valence-electron chi connectivity index (χ1n) is 8.80. The number of rotatable bonds is 3. The number of benzene rings is 2. The molecule has 2 aromatic carbocycles. The third kappa shape index (κ3) is 3.33. The summed E-state index contributed by atoms with van der Waals surface area (Å²) in [5, 5.41) is 11.3. The molecule has 4 rings (SSSR count). The summed E-state index contributed by atoms with van der Waals surface area (Å²) in [6, 6.07) is 11.0. The molecule has 1 N–H and O–H groups in total. The van der Waals surface area contributed by atoms with Crippen molar-refractivity contribution in [2.24, 2.45) is 0 Å². The zero-order chi connectivity index (χ0) is 21.4. The van der Waals surface area contributed by atoms with E-state index >= 15 is 0 Å². The first-order valence-corrected chi connectivity index (χ1v) is 9.18. The summed E-state index contributed by atoms with van der Waals surface area (Å²) in [6.07, 6.45) is 2.92. The molecule has 1 aliphatic rings. The molecule has 5 nitrogen and oxygen atoms in total. The topological polar surface area (TPSA) is 70.5 Å². The van der Waals surface area contributed by atoms with Gasteiger partial charge in [0.1, 0.15) is 5.76 Å². The van der Waals surface area contributed by atoms with Crippen LogP contribution in [-0.2, 0) is 9.59 Å². The second-order valence-electron chi connectivity index (χ2n) is 6.55. The number of carbonyl (C=O) groups excluding carboxylic acids is 2. The summed E-state index contributed by atoms with van der Waals surface area (Å²) in [4.78, 5) is 30.7. The molecular weight excluding hydrogens is 414 g/mol. The van der Waals surface area contributed by atoms with Crippen LogP contribution in [0.4, 0.5) is 14.5 Å². The second-order valence-corrected chi connectivity index (χ2v) is 6.99. The molecule has 150 valence electrons. The van der Waals surface area contributed by atoms with E-state index < -0.39 is 35.1 Å². The number of amides is 1. The van der Waals surface area contributed by atoms with E-state index in [0.29, 0.717) is 10.6 Å². The lowest BCUT2D eigenvalue weighted by Crippen LogP contribution is -2.29. The smallest absolute Gasteiger partial charge is 0.300 e. The zero-order valence-corrected chi connectivity index (χ0v) is 16.0. The van der Waals surface area contributed by atoms with Crippen molar-refractivity contribution < 1.29 is 23.5 Å². The molecular formula is C22H13ClF2N2O3. The number of pyridine rings is 1. The molecule has 1 fully saturated rings. The standard InChI is InChI=1S/C22H13ClF2N2O3/c23-14-3-1-13(2-4-14)20(28)18-19(12-7-9-26-10-8-12)27(22(30)21(18)29)15-5-6-16(24)17(25)11-15/h1-11,19,28H/b20-18+. The van der Waals surface area contributed by atoms with Gasteiger partial charge in [-0.05, 0) is 54.1 Å². The van der Waals surface area contributed by atoms with E-state index in [1.165, 1.54) is 42.7 Å². The summed E-state index contributed by atoms with van der Waals surface area (Å²) in [7, 11) is 0. The molecule has 0 aliphatic carbocycles. The van der Waals surface area contributed by atoms with Gasteiger partial charge in [0.2, 0.25) is 0 Å². The van der Waals surface area contributed by atoms with E-state index in [4.69, 9.17) is 11.6 Å². The van der Waals surface area contributed by atoms with Crippen molar-refractivity contribution in [1.82, 2.24) is 4.98 Å². The highest BCUT2D eigenvalue weighted by Crippen LogP contribution is 2.42. The molecule has 1 aliphatic heterocycles. The third-order valence-electron chi connectivity index (χ3n) is 4.77. The quantitative estimate of drug-likeness (QED) is 0.376. The van der Waals surface area contributed by atoms with E-state index in [1.807, 2.05) is 0 Å². The van der Waals surface area contributed by atoms with Gasteiger partial charge in [0.25, 0.3) is 11.7 Å². The van der Waals surface area contributed by atoms with E-state index in [1.54, 1.807) is 12.1 Å². The lowest BCUT2D eigenvalue weighted by molar-refractivity contribution is -0.132. The summed E-state index contributed by atoms with van der Waals surface area (Å²) >= 11 is 5.88. The average molecular weight is 427 g/mol. The summed E-state index contributed by atoms with van der Waals surface area (Å²) in [5.74, 6) is -4.58. The highest BCUT2D eigenvalue weighted by Gasteiger charge is 2.47. The average Bonchev–Trinajstić information content (AvgIpc) is 3.01. The molecule has 1 aromatic heterocycles. The molecule has 1 saturated heterocycles. The Morgan fingerprint density at radius 2 is 1.63 bits per heavy atom. The van der Waals surface area contributed by atoms with Crippen molar-refractivity contribution in [3.8, 4) is 0 Å². The molecule has 30 heavy (non-hydrogen) atoms. The van der Waals surface area contributed by atoms with Gasteiger partial charge in [0, 0.05) is 34.7 Å². The molecule has 1 amide bonds. The van der Waals surface area contributed by atoms with Crippen molar-refractivity contribution in [1.29, 1.82) is 0 Å². The van der Waals surface area contributed by atoms with Crippen LogP contribution in [0.3, 0.4) is 0 Å². The predicted octanol–water partition coefficient (Wildman–Crippen LogP) is 4.64. The fourth-order valence-corrected chi connectivity index (χ4v) is 3.48. The van der Waals surface area contributed by atoms with Crippen LogP contribution >= 0.6 is 11.6 Å². The fraction of sp³-hybridized carbons (Fsp3) is 0.0455. The van der Waals surface area contributed by atoms with Crippen LogP contribution in [0.25, 0.3) is 5.76 Å².